The van der Waals surface area contributed by atoms with Crippen LogP contribution in [0.3, 0.4) is 0 Å². The summed E-state index contributed by atoms with van der Waals surface area (Å²) in [6.45, 7) is 0. The molecule has 0 spiro atoms. The van der Waals surface area contributed by atoms with Crippen molar-refractivity contribution < 1.29 is 0 Å². The molecule has 97 heavy (non-hydrogen) atoms. The molecule has 0 saturated carbocycles. The van der Waals surface area contributed by atoms with Gasteiger partial charge in [-0.15, -0.1) is 0 Å². The lowest BCUT2D eigenvalue weighted by Gasteiger charge is -2.16. The molecule has 0 unspecified atom stereocenters. The van der Waals surface area contributed by atoms with Crippen LogP contribution in [0.2, 0.25) is 0 Å². The number of benzene rings is 16. The lowest BCUT2D eigenvalue weighted by molar-refractivity contribution is 1.17. The summed E-state index contributed by atoms with van der Waals surface area (Å²) in [6.07, 6.45) is 0. The molecule has 20 aromatic rings. The second-order valence-corrected chi connectivity index (χ2v) is 25.8. The molecule has 5 heteroatoms. The van der Waals surface area contributed by atoms with Crippen molar-refractivity contribution in [1.82, 2.24) is 18.7 Å². The molecule has 4 heterocycles. The molecule has 4 nitrogen and oxygen atoms in total. The van der Waals surface area contributed by atoms with Crippen LogP contribution in [-0.4, -0.2) is 18.7 Å². The summed E-state index contributed by atoms with van der Waals surface area (Å²) < 4.78 is 8.43. The van der Waals surface area contributed by atoms with Crippen molar-refractivity contribution in [1.29, 1.82) is 0 Å². The van der Waals surface area contributed by atoms with Gasteiger partial charge in [0.1, 0.15) is 0 Å². The molecule has 0 bridgehead atoms. The Labute approximate surface area is 569 Å². The lowest BCUT2D eigenvalue weighted by Crippen LogP contribution is -1.98. The van der Waals surface area contributed by atoms with Crippen LogP contribution in [-0.2, 0) is 0 Å². The number of aromatic nitrogens is 4. The van der Waals surface area contributed by atoms with Crippen LogP contribution >= 0.6 is 15.9 Å². The van der Waals surface area contributed by atoms with E-state index in [1.54, 1.807) is 0 Å². The Balaban J connectivity index is 0.000000118. The average Bonchev–Trinajstić information content (AvgIpc) is 1.56. The maximum absolute atomic E-state index is 3.64. The zero-order chi connectivity index (χ0) is 64.3. The van der Waals surface area contributed by atoms with E-state index in [1.165, 1.54) is 165 Å². The van der Waals surface area contributed by atoms with Crippen LogP contribution < -0.4 is 0 Å². The second-order valence-electron chi connectivity index (χ2n) is 24.9. The van der Waals surface area contributed by atoms with Crippen LogP contribution in [0.5, 0.6) is 0 Å². The van der Waals surface area contributed by atoms with Crippen LogP contribution in [0.1, 0.15) is 0 Å². The van der Waals surface area contributed by atoms with E-state index in [-0.39, 0.29) is 0 Å². The summed E-state index contributed by atoms with van der Waals surface area (Å²) in [4.78, 5) is 3.62. The van der Waals surface area contributed by atoms with Gasteiger partial charge in [0.25, 0.3) is 0 Å². The first-order valence-electron chi connectivity index (χ1n) is 33.1. The molecule has 0 atom stereocenters. The second kappa shape index (κ2) is 24.2. The lowest BCUT2D eigenvalue weighted by atomic mass is 9.97. The molecule has 1 N–H and O–H groups in total. The van der Waals surface area contributed by atoms with E-state index < -0.39 is 0 Å². The molecule has 4 aromatic heterocycles. The third kappa shape index (κ3) is 10.1. The summed E-state index contributed by atoms with van der Waals surface area (Å²) in [7, 11) is 0. The van der Waals surface area contributed by atoms with Crippen molar-refractivity contribution in [2.45, 2.75) is 0 Å². The standard InChI is InChI=1S/C46H30N2.C28H18N2.C18H13Br/c1-4-14-31(15-5-1)34-25-26-42(38(28-34)32-16-6-2-7-17-32)48-41-23-13-12-22-37(41)39-29-40-45(30-44(39)48)47(35-19-8-3-9-20-35)43-27-24-33-18-10-11-21-36(33)46(40)43;1-2-9-19(10-3-1)30-26-15-14-18-8-4-5-11-20(18)28(26)23-16-22-21-12-6-7-13-24(21)29-25(22)17-27(23)30;19-18-12-11-16(14-7-3-1-4-8-14)13-17(18)15-9-5-2-6-10-15/h1-30H;1-17,29H;1-13H. The van der Waals surface area contributed by atoms with E-state index in [0.29, 0.717) is 0 Å². The quantitative estimate of drug-likeness (QED) is 0.165. The van der Waals surface area contributed by atoms with Gasteiger partial charge in [-0.25, -0.2) is 0 Å². The number of fused-ring (bicyclic) bond motifs is 16. The number of hydrogen-bond acceptors (Lipinski definition) is 0. The maximum atomic E-state index is 3.64. The molecule has 0 radical (unpaired) electrons. The molecule has 20 rings (SSSR count). The molecule has 456 valence electrons. The van der Waals surface area contributed by atoms with Gasteiger partial charge >= 0.3 is 0 Å². The third-order valence-electron chi connectivity index (χ3n) is 19.3. The Morgan fingerprint density at radius 3 is 1.21 bits per heavy atom. The van der Waals surface area contributed by atoms with E-state index >= 15 is 0 Å². The Morgan fingerprint density at radius 2 is 0.639 bits per heavy atom. The van der Waals surface area contributed by atoms with E-state index in [1.807, 2.05) is 12.1 Å². The molecular formula is C92H61BrN4. The Kier molecular flexibility index (Phi) is 14.3. The molecule has 16 aromatic carbocycles. The minimum absolute atomic E-state index is 1.12. The molecular weight excluding hydrogens is 1240 g/mol. The Hall–Kier alpha value is -12.3. The van der Waals surface area contributed by atoms with Crippen molar-refractivity contribution in [2.24, 2.45) is 0 Å². The highest BCUT2D eigenvalue weighted by Crippen LogP contribution is 2.45. The van der Waals surface area contributed by atoms with E-state index in [2.05, 4.69) is 386 Å². The molecule has 0 aliphatic carbocycles. The number of H-pyrrole nitrogens is 1. The summed E-state index contributed by atoms with van der Waals surface area (Å²) >= 11 is 3.64. The van der Waals surface area contributed by atoms with Gasteiger partial charge in [0.2, 0.25) is 0 Å². The largest absolute Gasteiger partial charge is 0.354 e. The molecule has 0 aliphatic rings. The van der Waals surface area contributed by atoms with Crippen molar-refractivity contribution in [2.75, 3.05) is 0 Å². The Morgan fingerprint density at radius 1 is 0.216 bits per heavy atom. The number of rotatable bonds is 7. The fraction of sp³-hybridized carbons (Fsp3) is 0. The van der Waals surface area contributed by atoms with Crippen molar-refractivity contribution >= 4 is 125 Å². The van der Waals surface area contributed by atoms with Crippen LogP contribution in [0.25, 0.3) is 170 Å². The number of halogens is 1. The van der Waals surface area contributed by atoms with E-state index in [4.69, 9.17) is 0 Å². The molecule has 0 aliphatic heterocycles. The molecule has 0 fully saturated rings. The Bertz CT molecular complexity index is 6350. The highest BCUT2D eigenvalue weighted by Gasteiger charge is 2.23. The van der Waals surface area contributed by atoms with Gasteiger partial charge in [-0.1, -0.05) is 283 Å². The first kappa shape index (κ1) is 57.4. The smallest absolute Gasteiger partial charge is 0.0562 e. The summed E-state index contributed by atoms with van der Waals surface area (Å²) in [6, 6.07) is 131. The summed E-state index contributed by atoms with van der Waals surface area (Å²) in [5.74, 6) is 0. The highest BCUT2D eigenvalue weighted by atomic mass is 79.9. The van der Waals surface area contributed by atoms with Crippen molar-refractivity contribution in [3.8, 4) is 61.6 Å². The van der Waals surface area contributed by atoms with Crippen molar-refractivity contribution in [3.05, 3.63) is 368 Å². The fourth-order valence-electron chi connectivity index (χ4n) is 14.9. The van der Waals surface area contributed by atoms with Gasteiger partial charge in [0, 0.05) is 75.5 Å². The van der Waals surface area contributed by atoms with Crippen LogP contribution in [0.15, 0.2) is 368 Å². The van der Waals surface area contributed by atoms with Gasteiger partial charge in [-0.05, 0) is 158 Å². The normalized spacial score (nSPS) is 11.6. The van der Waals surface area contributed by atoms with E-state index in [0.717, 1.165) is 10.2 Å². The predicted octanol–water partition coefficient (Wildman–Crippen LogP) is 25.7. The zero-order valence-corrected chi connectivity index (χ0v) is 54.4. The van der Waals surface area contributed by atoms with Gasteiger partial charge < -0.3 is 18.7 Å². The first-order chi connectivity index (χ1) is 48.1. The highest BCUT2D eigenvalue weighted by molar-refractivity contribution is 9.10. The van der Waals surface area contributed by atoms with Gasteiger partial charge in [-0.3, -0.25) is 0 Å². The molecule has 0 saturated heterocycles. The zero-order valence-electron chi connectivity index (χ0n) is 52.9. The minimum atomic E-state index is 1.12. The van der Waals surface area contributed by atoms with Crippen LogP contribution in [0.4, 0.5) is 0 Å². The number of aromatic amines is 1. The fourth-order valence-corrected chi connectivity index (χ4v) is 15.4. The van der Waals surface area contributed by atoms with Crippen LogP contribution in [0, 0.1) is 0 Å². The van der Waals surface area contributed by atoms with Gasteiger partial charge in [-0.2, -0.15) is 0 Å². The maximum Gasteiger partial charge on any atom is 0.0562 e. The average molecular weight is 1300 g/mol. The number of para-hydroxylation sites is 4. The monoisotopic (exact) mass is 1300 g/mol. The number of nitrogens with one attached hydrogen (secondary N) is 1. The van der Waals surface area contributed by atoms with Gasteiger partial charge in [0.05, 0.1) is 38.8 Å². The summed E-state index contributed by atoms with van der Waals surface area (Å²) in [5.41, 5.74) is 22.9. The first-order valence-corrected chi connectivity index (χ1v) is 33.9. The number of hydrogen-bond donors (Lipinski definition) is 1. The number of nitrogens with zero attached hydrogens (tertiary/aromatic N) is 3. The molecule has 0 amide bonds. The van der Waals surface area contributed by atoms with Gasteiger partial charge in [0.15, 0.2) is 0 Å². The summed E-state index contributed by atoms with van der Waals surface area (Å²) in [5, 5.41) is 15.3. The van der Waals surface area contributed by atoms with Crippen molar-refractivity contribution in [3.63, 3.8) is 0 Å². The van der Waals surface area contributed by atoms with E-state index in [9.17, 15) is 0 Å². The minimum Gasteiger partial charge on any atom is -0.354 e. The topological polar surface area (TPSA) is 30.6 Å². The SMILES string of the molecule is Brc1ccc(-c2ccccc2)cc1-c1ccccc1.c1ccc(-c2ccc(-n3c4ccccc4c4cc5c6c7ccccc7ccc6n(-c6ccccc6)c5cc43)c(-c3ccccc3)c2)cc1.c1ccc(-n2c3cc4[nH]c5ccccc5c4cc3c3c4ccccc4ccc32)cc1. The third-order valence-corrected chi connectivity index (χ3v) is 20.0. The predicted molar refractivity (Wildman–Crippen MR) is 416 cm³/mol.